The number of nitrogens with zero attached hydrogens (tertiary/aromatic N) is 3. The van der Waals surface area contributed by atoms with E-state index in [1.54, 1.807) is 0 Å². The van der Waals surface area contributed by atoms with Crippen LogP contribution in [0, 0.1) is 11.8 Å². The van der Waals surface area contributed by atoms with Gasteiger partial charge in [-0.25, -0.2) is 4.79 Å². The molecule has 1 aliphatic heterocycles. The molecule has 2 fully saturated rings. The molecule has 1 heterocycles. The molecule has 1 amide bonds. The molecule has 0 aromatic carbocycles. The van der Waals surface area contributed by atoms with Crippen molar-refractivity contribution in [3.05, 3.63) is 0 Å². The van der Waals surface area contributed by atoms with E-state index in [0.717, 1.165) is 38.1 Å². The summed E-state index contributed by atoms with van der Waals surface area (Å²) in [4.78, 5) is 22.0. The molecule has 1 saturated heterocycles. The Hall–Kier alpha value is -1.50. The van der Waals surface area contributed by atoms with Crippen LogP contribution < -0.4 is 10.6 Å². The molecule has 0 spiro atoms. The zero-order valence-corrected chi connectivity index (χ0v) is 20.3. The highest BCUT2D eigenvalue weighted by atomic mass is 16.6. The monoisotopic (exact) mass is 423 g/mol. The SMILES string of the molecule is CCNC(=NCC1CCN(C2CC2)C1)N(C)CCC(NC(=O)OC(C)(C)C)C(C)C. The molecule has 2 aliphatic rings. The summed E-state index contributed by atoms with van der Waals surface area (Å²) in [7, 11) is 2.08. The standard InChI is InChI=1S/C23H45N5O2/c1-8-24-21(25-15-18-11-14-28(16-18)19-9-10-19)27(7)13-12-20(17(2)3)26-22(29)30-23(4,5)6/h17-20H,8-16H2,1-7H3,(H,24,25)(H,26,29). The summed E-state index contributed by atoms with van der Waals surface area (Å²) in [5.41, 5.74) is -0.484. The van der Waals surface area contributed by atoms with Crippen LogP contribution in [0.15, 0.2) is 4.99 Å². The van der Waals surface area contributed by atoms with Gasteiger partial charge in [0.05, 0.1) is 0 Å². The molecule has 2 N–H and O–H groups in total. The molecule has 7 nitrogen and oxygen atoms in total. The number of hydrogen-bond acceptors (Lipinski definition) is 4. The zero-order chi connectivity index (χ0) is 22.3. The molecule has 2 unspecified atom stereocenters. The molecule has 2 atom stereocenters. The highest BCUT2D eigenvalue weighted by Crippen LogP contribution is 2.31. The fraction of sp³-hybridized carbons (Fsp3) is 0.913. The summed E-state index contributed by atoms with van der Waals surface area (Å²) in [5, 5.41) is 6.47. The van der Waals surface area contributed by atoms with E-state index in [4.69, 9.17) is 9.73 Å². The van der Waals surface area contributed by atoms with Gasteiger partial charge in [0.1, 0.15) is 5.60 Å². The summed E-state index contributed by atoms with van der Waals surface area (Å²) in [6.07, 6.45) is 4.53. The Morgan fingerprint density at radius 1 is 1.27 bits per heavy atom. The van der Waals surface area contributed by atoms with E-state index >= 15 is 0 Å². The average Bonchev–Trinajstić information content (AvgIpc) is 3.38. The molecule has 30 heavy (non-hydrogen) atoms. The van der Waals surface area contributed by atoms with Crippen LogP contribution in [-0.2, 0) is 4.74 Å². The number of ether oxygens (including phenoxy) is 1. The van der Waals surface area contributed by atoms with Gasteiger partial charge < -0.3 is 25.2 Å². The molecule has 0 aromatic rings. The first kappa shape index (κ1) is 24.8. The Morgan fingerprint density at radius 2 is 1.97 bits per heavy atom. The molecule has 1 aliphatic carbocycles. The van der Waals surface area contributed by atoms with Gasteiger partial charge in [0.2, 0.25) is 0 Å². The molecule has 0 radical (unpaired) electrons. The second-order valence-electron chi connectivity index (χ2n) is 10.3. The normalized spacial score (nSPS) is 21.6. The van der Waals surface area contributed by atoms with Gasteiger partial charge in [-0.3, -0.25) is 4.99 Å². The van der Waals surface area contributed by atoms with Crippen LogP contribution in [0.1, 0.15) is 67.2 Å². The average molecular weight is 424 g/mol. The Bertz CT molecular complexity index is 568. The van der Waals surface area contributed by atoms with Crippen LogP contribution in [0.2, 0.25) is 0 Å². The topological polar surface area (TPSA) is 69.2 Å². The summed E-state index contributed by atoms with van der Waals surface area (Å²) in [5.74, 6) is 1.96. The van der Waals surface area contributed by atoms with E-state index < -0.39 is 5.60 Å². The molecule has 0 aromatic heterocycles. The third kappa shape index (κ3) is 8.70. The third-order valence-electron chi connectivity index (χ3n) is 5.86. The van der Waals surface area contributed by atoms with Crippen LogP contribution in [0.3, 0.4) is 0 Å². The number of nitrogens with one attached hydrogen (secondary N) is 2. The number of guanidine groups is 1. The van der Waals surface area contributed by atoms with Crippen molar-refractivity contribution in [3.8, 4) is 0 Å². The van der Waals surface area contributed by atoms with E-state index in [0.29, 0.717) is 11.8 Å². The third-order valence-corrected chi connectivity index (χ3v) is 5.86. The Balaban J connectivity index is 1.84. The maximum Gasteiger partial charge on any atom is 0.407 e. The van der Waals surface area contributed by atoms with Gasteiger partial charge in [0, 0.05) is 45.3 Å². The quantitative estimate of drug-likeness (QED) is 0.440. The number of amides is 1. The molecule has 174 valence electrons. The highest BCUT2D eigenvalue weighted by molar-refractivity contribution is 5.79. The van der Waals surface area contributed by atoms with Gasteiger partial charge in [-0.2, -0.15) is 0 Å². The van der Waals surface area contributed by atoms with Gasteiger partial charge in [-0.05, 0) is 71.8 Å². The van der Waals surface area contributed by atoms with E-state index in [9.17, 15) is 4.79 Å². The van der Waals surface area contributed by atoms with E-state index in [2.05, 4.69) is 48.3 Å². The largest absolute Gasteiger partial charge is 0.444 e. The Labute approximate surface area is 184 Å². The molecular formula is C23H45N5O2. The second kappa shape index (κ2) is 11.2. The smallest absolute Gasteiger partial charge is 0.407 e. The predicted octanol–water partition coefficient (Wildman–Crippen LogP) is 3.31. The molecule has 2 rings (SSSR count). The summed E-state index contributed by atoms with van der Waals surface area (Å²) >= 11 is 0. The van der Waals surface area contributed by atoms with E-state index in [1.807, 2.05) is 20.8 Å². The van der Waals surface area contributed by atoms with Crippen LogP contribution in [-0.4, -0.2) is 79.3 Å². The Kier molecular flexibility index (Phi) is 9.26. The van der Waals surface area contributed by atoms with Crippen LogP contribution >= 0.6 is 0 Å². The van der Waals surface area contributed by atoms with Gasteiger partial charge in [-0.15, -0.1) is 0 Å². The van der Waals surface area contributed by atoms with Gasteiger partial charge in [-0.1, -0.05) is 13.8 Å². The fourth-order valence-electron chi connectivity index (χ4n) is 3.94. The minimum atomic E-state index is -0.484. The molecule has 7 heteroatoms. The lowest BCUT2D eigenvalue weighted by Gasteiger charge is -2.28. The minimum Gasteiger partial charge on any atom is -0.444 e. The maximum atomic E-state index is 12.2. The molecular weight excluding hydrogens is 378 g/mol. The minimum absolute atomic E-state index is 0.0621. The number of aliphatic imine (C=N–C) groups is 1. The summed E-state index contributed by atoms with van der Waals surface area (Å²) in [6.45, 7) is 17.0. The number of carbonyl (C=O) groups is 1. The van der Waals surface area contributed by atoms with Crippen LogP contribution in [0.25, 0.3) is 0 Å². The van der Waals surface area contributed by atoms with Crippen LogP contribution in [0.5, 0.6) is 0 Å². The number of hydrogen-bond donors (Lipinski definition) is 2. The van der Waals surface area contributed by atoms with Crippen molar-refractivity contribution in [2.75, 3.05) is 39.8 Å². The first-order valence-electron chi connectivity index (χ1n) is 11.8. The maximum absolute atomic E-state index is 12.2. The zero-order valence-electron chi connectivity index (χ0n) is 20.3. The van der Waals surface area contributed by atoms with Crippen molar-refractivity contribution >= 4 is 12.1 Å². The number of alkyl carbamates (subject to hydrolysis) is 1. The van der Waals surface area contributed by atoms with Gasteiger partial charge in [0.15, 0.2) is 5.96 Å². The lowest BCUT2D eigenvalue weighted by atomic mass is 10.0. The first-order valence-corrected chi connectivity index (χ1v) is 11.8. The lowest BCUT2D eigenvalue weighted by Crippen LogP contribution is -2.45. The van der Waals surface area contributed by atoms with Gasteiger partial charge in [0.25, 0.3) is 0 Å². The second-order valence-corrected chi connectivity index (χ2v) is 10.3. The van der Waals surface area contributed by atoms with Crippen molar-refractivity contribution in [2.45, 2.75) is 84.9 Å². The first-order chi connectivity index (χ1) is 14.1. The van der Waals surface area contributed by atoms with Crippen molar-refractivity contribution in [1.82, 2.24) is 20.4 Å². The van der Waals surface area contributed by atoms with Crippen molar-refractivity contribution in [1.29, 1.82) is 0 Å². The number of rotatable bonds is 9. The molecule has 0 bridgehead atoms. The summed E-state index contributed by atoms with van der Waals surface area (Å²) < 4.78 is 5.43. The van der Waals surface area contributed by atoms with Crippen molar-refractivity contribution in [2.24, 2.45) is 16.8 Å². The lowest BCUT2D eigenvalue weighted by molar-refractivity contribution is 0.0486. The predicted molar refractivity (Wildman–Crippen MR) is 124 cm³/mol. The van der Waals surface area contributed by atoms with E-state index in [1.165, 1.54) is 32.4 Å². The molecule has 1 saturated carbocycles. The Morgan fingerprint density at radius 3 is 2.53 bits per heavy atom. The fourth-order valence-corrected chi connectivity index (χ4v) is 3.94. The van der Waals surface area contributed by atoms with Crippen molar-refractivity contribution < 1.29 is 9.53 Å². The number of likely N-dealkylation sites (tertiary alicyclic amines) is 1. The van der Waals surface area contributed by atoms with Crippen molar-refractivity contribution in [3.63, 3.8) is 0 Å². The van der Waals surface area contributed by atoms with Gasteiger partial charge >= 0.3 is 6.09 Å². The highest BCUT2D eigenvalue weighted by Gasteiger charge is 2.34. The van der Waals surface area contributed by atoms with E-state index in [-0.39, 0.29) is 12.1 Å². The van der Waals surface area contributed by atoms with Crippen LogP contribution in [0.4, 0.5) is 4.79 Å². The summed E-state index contributed by atoms with van der Waals surface area (Å²) in [6, 6.07) is 0.924. The number of carbonyl (C=O) groups excluding carboxylic acids is 1.